The molecule has 1 aliphatic heterocycles. The molecule has 4 nitrogen and oxygen atoms in total. The molecule has 0 radical (unpaired) electrons. The summed E-state index contributed by atoms with van der Waals surface area (Å²) >= 11 is 1.87. The number of pyridine rings is 1. The van der Waals surface area contributed by atoms with Gasteiger partial charge in [0.1, 0.15) is 0 Å². The molecule has 274 valence electrons. The predicted octanol–water partition coefficient (Wildman–Crippen LogP) is 13.0. The van der Waals surface area contributed by atoms with Gasteiger partial charge >= 0.3 is 0 Å². The highest BCUT2D eigenvalue weighted by atomic mass is 32.2. The zero-order valence-corrected chi connectivity index (χ0v) is 32.8. The molecule has 0 unspecified atom stereocenters. The van der Waals surface area contributed by atoms with Crippen molar-refractivity contribution in [2.24, 2.45) is 0 Å². The Bertz CT molecular complexity index is 3000. The van der Waals surface area contributed by atoms with E-state index in [9.17, 15) is 0 Å². The van der Waals surface area contributed by atoms with Gasteiger partial charge in [-0.05, 0) is 88.2 Å². The van der Waals surface area contributed by atoms with Crippen LogP contribution in [0.25, 0.3) is 67.5 Å². The topological polar surface area (TPSA) is 51.6 Å². The highest BCUT2D eigenvalue weighted by Gasteiger charge is 2.50. The quantitative estimate of drug-likeness (QED) is 0.175. The lowest BCUT2D eigenvalue weighted by atomic mass is 9.67. The summed E-state index contributed by atoms with van der Waals surface area (Å²) < 4.78 is 0. The molecule has 7 aromatic carbocycles. The zero-order chi connectivity index (χ0) is 38.8. The van der Waals surface area contributed by atoms with E-state index in [0.29, 0.717) is 17.5 Å². The highest BCUT2D eigenvalue weighted by Crippen LogP contribution is 2.62. The average molecular weight is 761 g/mol. The van der Waals surface area contributed by atoms with Crippen LogP contribution in [0.1, 0.15) is 33.6 Å². The summed E-state index contributed by atoms with van der Waals surface area (Å²) in [5.74, 6) is 1.91. The minimum Gasteiger partial charge on any atom is -0.258 e. The van der Waals surface area contributed by atoms with E-state index in [1.54, 1.807) is 0 Å². The molecule has 0 fully saturated rings. The van der Waals surface area contributed by atoms with Gasteiger partial charge in [-0.2, -0.15) is 0 Å². The van der Waals surface area contributed by atoms with Gasteiger partial charge in [0.15, 0.2) is 17.5 Å². The second-order valence-corrected chi connectivity index (χ2v) is 16.1. The predicted molar refractivity (Wildman–Crippen MR) is 236 cm³/mol. The Balaban J connectivity index is 0.997. The van der Waals surface area contributed by atoms with Crippen LogP contribution >= 0.6 is 11.8 Å². The summed E-state index contributed by atoms with van der Waals surface area (Å²) in [6.07, 6.45) is 0. The molecular formula is C53H36N4S. The van der Waals surface area contributed by atoms with Gasteiger partial charge in [0, 0.05) is 43.4 Å². The molecule has 2 aromatic heterocycles. The van der Waals surface area contributed by atoms with E-state index in [1.807, 2.05) is 49.0 Å². The van der Waals surface area contributed by atoms with Gasteiger partial charge in [-0.1, -0.05) is 169 Å². The van der Waals surface area contributed by atoms with E-state index in [-0.39, 0.29) is 0 Å². The second kappa shape index (κ2) is 13.6. The molecule has 58 heavy (non-hydrogen) atoms. The minimum absolute atomic E-state index is 0.413. The van der Waals surface area contributed by atoms with Crippen LogP contribution in [-0.2, 0) is 5.41 Å². The van der Waals surface area contributed by atoms with Crippen molar-refractivity contribution in [3.63, 3.8) is 0 Å². The number of fused-ring (bicyclic) bond motifs is 9. The van der Waals surface area contributed by atoms with Crippen LogP contribution in [0, 0.1) is 13.8 Å². The van der Waals surface area contributed by atoms with Crippen LogP contribution in [0.4, 0.5) is 0 Å². The third-order valence-electron chi connectivity index (χ3n) is 11.7. The molecule has 0 amide bonds. The number of benzene rings is 7. The van der Waals surface area contributed by atoms with Gasteiger partial charge < -0.3 is 0 Å². The molecular weight excluding hydrogens is 725 g/mol. The van der Waals surface area contributed by atoms with Crippen LogP contribution in [0.2, 0.25) is 0 Å². The van der Waals surface area contributed by atoms with Crippen molar-refractivity contribution in [3.8, 4) is 67.5 Å². The molecule has 9 aromatic rings. The Morgan fingerprint density at radius 3 is 1.45 bits per heavy atom. The van der Waals surface area contributed by atoms with Gasteiger partial charge in [-0.25, -0.2) is 15.0 Å². The van der Waals surface area contributed by atoms with Crippen LogP contribution < -0.4 is 0 Å². The number of nitrogens with zero attached hydrogens (tertiary/aromatic N) is 4. The van der Waals surface area contributed by atoms with Crippen LogP contribution in [-0.4, -0.2) is 19.9 Å². The van der Waals surface area contributed by atoms with E-state index >= 15 is 0 Å². The van der Waals surface area contributed by atoms with Crippen LogP contribution in [0.3, 0.4) is 0 Å². The fraction of sp³-hybridized carbons (Fsp3) is 0.0566. The third kappa shape index (κ3) is 5.46. The maximum absolute atomic E-state index is 5.07. The normalized spacial score (nSPS) is 13.1. The first-order valence-electron chi connectivity index (χ1n) is 19.6. The van der Waals surface area contributed by atoms with Crippen LogP contribution in [0.15, 0.2) is 192 Å². The molecule has 0 atom stereocenters. The number of hydrogen-bond donors (Lipinski definition) is 0. The van der Waals surface area contributed by atoms with Gasteiger partial charge in [0.2, 0.25) is 0 Å². The first-order valence-corrected chi connectivity index (χ1v) is 20.4. The standard InChI is InChI=1S/C53H36N4S/c1-33-20-30-41(34(2)54-33)36-23-27-39(28-24-36)52-56-50(37-12-4-3-5-13-37)55-51(57-52)38-25-21-35(22-26-38)40-29-31-49-47(32-40)53(46-18-10-11-19-48(46)58-49)44-16-8-6-14-42(44)43-15-7-9-17-45(43)53/h3-32H,1-2H3. The number of aryl methyl sites for hydroxylation is 2. The van der Waals surface area contributed by atoms with E-state index < -0.39 is 5.41 Å². The SMILES string of the molecule is Cc1ccc(-c2ccc(-c3nc(-c4ccccc4)nc(-c4ccc(-c5ccc6c(c5)C5(c7ccccc7S6)c6ccccc6-c6ccccc65)cc4)n3)cc2)c(C)n1. The summed E-state index contributed by atoms with van der Waals surface area (Å²) in [7, 11) is 0. The molecule has 0 bridgehead atoms. The Kier molecular flexibility index (Phi) is 8.05. The maximum Gasteiger partial charge on any atom is 0.164 e. The second-order valence-electron chi connectivity index (χ2n) is 15.1. The van der Waals surface area contributed by atoms with Crippen molar-refractivity contribution in [2.75, 3.05) is 0 Å². The van der Waals surface area contributed by atoms with Gasteiger partial charge in [0.25, 0.3) is 0 Å². The average Bonchev–Trinajstić information content (AvgIpc) is 3.57. The summed E-state index contributed by atoms with van der Waals surface area (Å²) in [4.78, 5) is 22.3. The van der Waals surface area contributed by atoms with Crippen molar-refractivity contribution in [1.82, 2.24) is 19.9 Å². The Hall–Kier alpha value is -6.95. The summed E-state index contributed by atoms with van der Waals surface area (Å²) in [6.45, 7) is 4.08. The molecule has 2 aliphatic rings. The van der Waals surface area contributed by atoms with Crippen molar-refractivity contribution in [1.29, 1.82) is 0 Å². The lowest BCUT2D eigenvalue weighted by Gasteiger charge is -2.40. The lowest BCUT2D eigenvalue weighted by molar-refractivity contribution is 0.723. The molecule has 1 spiro atoms. The Morgan fingerprint density at radius 2 is 0.828 bits per heavy atom. The number of aromatic nitrogens is 4. The van der Waals surface area contributed by atoms with Gasteiger partial charge in [0.05, 0.1) is 5.41 Å². The van der Waals surface area contributed by atoms with Gasteiger partial charge in [-0.3, -0.25) is 4.98 Å². The van der Waals surface area contributed by atoms with Crippen LogP contribution in [0.5, 0.6) is 0 Å². The number of rotatable bonds is 5. The summed E-state index contributed by atoms with van der Waals surface area (Å²) in [6, 6.07) is 65.3. The first-order chi connectivity index (χ1) is 28.5. The van der Waals surface area contributed by atoms with Gasteiger partial charge in [-0.15, -0.1) is 0 Å². The van der Waals surface area contributed by atoms with Crippen molar-refractivity contribution in [3.05, 3.63) is 216 Å². The zero-order valence-electron chi connectivity index (χ0n) is 32.0. The van der Waals surface area contributed by atoms with E-state index in [2.05, 4.69) is 164 Å². The number of hydrogen-bond acceptors (Lipinski definition) is 5. The van der Waals surface area contributed by atoms with Crippen molar-refractivity contribution >= 4 is 11.8 Å². The lowest BCUT2D eigenvalue weighted by Crippen LogP contribution is -2.32. The van der Waals surface area contributed by atoms with E-state index in [0.717, 1.165) is 44.8 Å². The van der Waals surface area contributed by atoms with Crippen molar-refractivity contribution < 1.29 is 0 Å². The maximum atomic E-state index is 5.07. The highest BCUT2D eigenvalue weighted by molar-refractivity contribution is 7.99. The summed E-state index contributed by atoms with van der Waals surface area (Å²) in [5, 5.41) is 0. The van der Waals surface area contributed by atoms with E-state index in [4.69, 9.17) is 15.0 Å². The molecule has 1 aliphatic carbocycles. The Morgan fingerprint density at radius 1 is 0.345 bits per heavy atom. The first kappa shape index (κ1) is 34.3. The molecule has 3 heterocycles. The molecule has 0 N–H and O–H groups in total. The van der Waals surface area contributed by atoms with E-state index in [1.165, 1.54) is 48.7 Å². The fourth-order valence-corrected chi connectivity index (χ4v) is 10.2. The fourth-order valence-electron chi connectivity index (χ4n) is 8.99. The molecule has 0 saturated carbocycles. The minimum atomic E-state index is -0.413. The largest absolute Gasteiger partial charge is 0.258 e. The molecule has 5 heteroatoms. The van der Waals surface area contributed by atoms with Crippen molar-refractivity contribution in [2.45, 2.75) is 29.1 Å². The monoisotopic (exact) mass is 760 g/mol. The summed E-state index contributed by atoms with van der Waals surface area (Å²) in [5.41, 5.74) is 16.9. The Labute approximate surface area is 342 Å². The molecule has 0 saturated heterocycles. The smallest absolute Gasteiger partial charge is 0.164 e. The molecule has 11 rings (SSSR count). The third-order valence-corrected chi connectivity index (χ3v) is 12.8.